The van der Waals surface area contributed by atoms with E-state index >= 15 is 0 Å². The van der Waals surface area contributed by atoms with Gasteiger partial charge in [-0.05, 0) is 6.07 Å². The Balaban J connectivity index is 3.06. The smallest absolute Gasteiger partial charge is 0.325 e. The summed E-state index contributed by atoms with van der Waals surface area (Å²) in [5.41, 5.74) is -0.449. The van der Waals surface area contributed by atoms with Gasteiger partial charge in [0.15, 0.2) is 0 Å². The van der Waals surface area contributed by atoms with Gasteiger partial charge >= 0.3 is 5.97 Å². The largest absolute Gasteiger partial charge is 0.480 e. The van der Waals surface area contributed by atoms with Gasteiger partial charge < -0.3 is 5.11 Å². The molecular formula is C6H6N2O3S. The minimum absolute atomic E-state index is 0.316. The number of aliphatic carboxylic acids is 1. The number of nitrogens with zero attached hydrogens (tertiary/aromatic N) is 2. The molecule has 0 aliphatic carbocycles. The molecule has 12 heavy (non-hydrogen) atoms. The number of carboxylic acid groups (broad SMARTS) is 1. The van der Waals surface area contributed by atoms with Crippen LogP contribution in [-0.4, -0.2) is 20.9 Å². The zero-order valence-electron chi connectivity index (χ0n) is 5.97. The predicted molar refractivity (Wildman–Crippen MR) is 43.4 cm³/mol. The van der Waals surface area contributed by atoms with Gasteiger partial charge in [0.1, 0.15) is 11.6 Å². The second-order valence-electron chi connectivity index (χ2n) is 2.08. The van der Waals surface area contributed by atoms with Crippen LogP contribution < -0.4 is 5.56 Å². The molecule has 0 fully saturated rings. The van der Waals surface area contributed by atoms with Crippen molar-refractivity contribution >= 4 is 18.6 Å². The van der Waals surface area contributed by atoms with Crippen LogP contribution in [0.25, 0.3) is 0 Å². The highest BCUT2D eigenvalue weighted by Crippen LogP contribution is 1.94. The van der Waals surface area contributed by atoms with Crippen LogP contribution in [0.4, 0.5) is 0 Å². The first-order chi connectivity index (χ1) is 5.59. The van der Waals surface area contributed by atoms with Gasteiger partial charge in [0.05, 0.1) is 0 Å². The van der Waals surface area contributed by atoms with Gasteiger partial charge in [-0.1, -0.05) is 0 Å². The molecule has 1 heterocycles. The maximum Gasteiger partial charge on any atom is 0.325 e. The molecule has 64 valence electrons. The fourth-order valence-corrected chi connectivity index (χ4v) is 0.862. The van der Waals surface area contributed by atoms with E-state index < -0.39 is 18.1 Å². The molecular weight excluding hydrogens is 180 g/mol. The summed E-state index contributed by atoms with van der Waals surface area (Å²) in [6.45, 7) is -0.437. The van der Waals surface area contributed by atoms with Crippen LogP contribution in [0.1, 0.15) is 0 Å². The van der Waals surface area contributed by atoms with Crippen molar-refractivity contribution in [1.29, 1.82) is 0 Å². The van der Waals surface area contributed by atoms with Crippen LogP contribution in [-0.2, 0) is 11.3 Å². The summed E-state index contributed by atoms with van der Waals surface area (Å²) < 4.78 is 0.838. The van der Waals surface area contributed by atoms with Gasteiger partial charge in [0.25, 0.3) is 5.56 Å². The van der Waals surface area contributed by atoms with E-state index in [1.54, 1.807) is 0 Å². The lowest BCUT2D eigenvalue weighted by Crippen LogP contribution is -2.25. The van der Waals surface area contributed by atoms with E-state index in [0.717, 1.165) is 4.68 Å². The molecule has 0 aliphatic rings. The molecule has 0 amide bonds. The highest BCUT2D eigenvalue weighted by Gasteiger charge is 2.02. The minimum atomic E-state index is -1.11. The number of carboxylic acids is 1. The zero-order valence-corrected chi connectivity index (χ0v) is 6.86. The van der Waals surface area contributed by atoms with E-state index in [9.17, 15) is 9.59 Å². The predicted octanol–water partition coefficient (Wildman–Crippen LogP) is -0.383. The van der Waals surface area contributed by atoms with E-state index in [4.69, 9.17) is 5.11 Å². The second-order valence-corrected chi connectivity index (χ2v) is 2.54. The summed E-state index contributed by atoms with van der Waals surface area (Å²) in [5.74, 6) is -1.11. The molecule has 0 saturated carbocycles. The molecule has 0 radical (unpaired) electrons. The Labute approximate surface area is 73.1 Å². The lowest BCUT2D eigenvalue weighted by molar-refractivity contribution is -0.138. The molecule has 0 saturated heterocycles. The number of carbonyl (C=O) groups is 1. The monoisotopic (exact) mass is 186 g/mol. The fraction of sp³-hybridized carbons (Fsp3) is 0.167. The second kappa shape index (κ2) is 3.40. The molecule has 0 spiro atoms. The van der Waals surface area contributed by atoms with Crippen molar-refractivity contribution in [2.45, 2.75) is 11.6 Å². The number of aromatic nitrogens is 2. The summed E-state index contributed by atoms with van der Waals surface area (Å²) in [5, 5.41) is 12.3. The zero-order chi connectivity index (χ0) is 9.14. The summed E-state index contributed by atoms with van der Waals surface area (Å²) in [4.78, 5) is 21.1. The van der Waals surface area contributed by atoms with Crippen molar-refractivity contribution in [2.24, 2.45) is 0 Å². The van der Waals surface area contributed by atoms with Crippen LogP contribution in [0.3, 0.4) is 0 Å². The molecule has 1 rings (SSSR count). The Kier molecular flexibility index (Phi) is 2.49. The summed E-state index contributed by atoms with van der Waals surface area (Å²) >= 11 is 3.86. The molecule has 0 aromatic carbocycles. The molecule has 0 bridgehead atoms. The van der Waals surface area contributed by atoms with Crippen molar-refractivity contribution in [3.05, 3.63) is 22.5 Å². The number of rotatable bonds is 2. The van der Waals surface area contributed by atoms with Crippen LogP contribution in [0.15, 0.2) is 22.0 Å². The molecule has 1 aromatic heterocycles. The average Bonchev–Trinajstić information content (AvgIpc) is 1.96. The maximum atomic E-state index is 10.9. The highest BCUT2D eigenvalue weighted by atomic mass is 32.1. The van der Waals surface area contributed by atoms with Crippen LogP contribution in [0.2, 0.25) is 0 Å². The summed E-state index contributed by atoms with van der Waals surface area (Å²) in [6.07, 6.45) is 0. The first-order valence-corrected chi connectivity index (χ1v) is 3.53. The van der Waals surface area contributed by atoms with Gasteiger partial charge in [-0.25, -0.2) is 4.68 Å². The van der Waals surface area contributed by atoms with Crippen molar-refractivity contribution in [2.75, 3.05) is 0 Å². The average molecular weight is 186 g/mol. The van der Waals surface area contributed by atoms with Crippen LogP contribution in [0, 0.1) is 0 Å². The van der Waals surface area contributed by atoms with E-state index in [1.807, 2.05) is 0 Å². The standard InChI is InChI=1S/C6H6N2O3S/c9-5-2-1-4(12)7-8(5)3-6(10)11/h1-2H,3H2,(H,7,12)(H,10,11). The Hall–Kier alpha value is -1.30. The molecule has 0 atom stereocenters. The number of thiol groups is 1. The van der Waals surface area contributed by atoms with E-state index in [1.165, 1.54) is 12.1 Å². The fourth-order valence-electron chi connectivity index (χ4n) is 0.680. The summed E-state index contributed by atoms with van der Waals surface area (Å²) in [7, 11) is 0. The molecule has 1 N–H and O–H groups in total. The van der Waals surface area contributed by atoms with Gasteiger partial charge in [-0.2, -0.15) is 5.10 Å². The Morgan fingerprint density at radius 3 is 2.92 bits per heavy atom. The first kappa shape index (κ1) is 8.79. The van der Waals surface area contributed by atoms with E-state index in [2.05, 4.69) is 17.7 Å². The van der Waals surface area contributed by atoms with Crippen molar-refractivity contribution in [3.63, 3.8) is 0 Å². The first-order valence-electron chi connectivity index (χ1n) is 3.08. The minimum Gasteiger partial charge on any atom is -0.480 e. The van der Waals surface area contributed by atoms with Crippen LogP contribution >= 0.6 is 12.6 Å². The number of hydrogen-bond donors (Lipinski definition) is 2. The Morgan fingerprint density at radius 2 is 2.33 bits per heavy atom. The van der Waals surface area contributed by atoms with Crippen molar-refractivity contribution in [1.82, 2.24) is 9.78 Å². The lowest BCUT2D eigenvalue weighted by Gasteiger charge is -1.99. The maximum absolute atomic E-state index is 10.9. The van der Waals surface area contributed by atoms with Gasteiger partial charge in [-0.15, -0.1) is 12.6 Å². The molecule has 5 nitrogen and oxygen atoms in total. The van der Waals surface area contributed by atoms with E-state index in [-0.39, 0.29) is 0 Å². The van der Waals surface area contributed by atoms with Crippen molar-refractivity contribution < 1.29 is 9.90 Å². The van der Waals surface area contributed by atoms with Crippen molar-refractivity contribution in [3.8, 4) is 0 Å². The highest BCUT2D eigenvalue weighted by molar-refractivity contribution is 7.80. The quantitative estimate of drug-likeness (QED) is 0.617. The molecule has 6 heteroatoms. The Morgan fingerprint density at radius 1 is 1.67 bits per heavy atom. The topological polar surface area (TPSA) is 72.2 Å². The summed E-state index contributed by atoms with van der Waals surface area (Å²) in [6, 6.07) is 2.63. The third-order valence-electron chi connectivity index (χ3n) is 1.14. The normalized spacial score (nSPS) is 9.75. The van der Waals surface area contributed by atoms with E-state index in [0.29, 0.717) is 5.03 Å². The Bertz CT molecular complexity index is 360. The SMILES string of the molecule is O=C(O)Cn1nc(S)ccc1=O. The number of hydrogen-bond acceptors (Lipinski definition) is 4. The third kappa shape index (κ3) is 2.09. The molecule has 0 unspecified atom stereocenters. The molecule has 0 aliphatic heterocycles. The molecule has 1 aromatic rings. The van der Waals surface area contributed by atoms with Crippen LogP contribution in [0.5, 0.6) is 0 Å². The van der Waals surface area contributed by atoms with Gasteiger partial charge in [0, 0.05) is 6.07 Å². The lowest BCUT2D eigenvalue weighted by atomic mass is 10.5. The van der Waals surface area contributed by atoms with Gasteiger partial charge in [-0.3, -0.25) is 9.59 Å². The third-order valence-corrected chi connectivity index (χ3v) is 1.38. The van der Waals surface area contributed by atoms with Gasteiger partial charge in [0.2, 0.25) is 0 Å².